The Balaban J connectivity index is 2.01. The Hall–Kier alpha value is -2.33. The molecule has 2 aromatic rings. The average molecular weight is 331 g/mol. The van der Waals surface area contributed by atoms with Crippen molar-refractivity contribution in [2.45, 2.75) is 13.8 Å². The summed E-state index contributed by atoms with van der Waals surface area (Å²) in [5.74, 6) is -0.425. The van der Waals surface area contributed by atoms with Gasteiger partial charge in [0, 0.05) is 23.3 Å². The standard InChI is InChI=1S/C18H19ClN2O2/c1-12-5-4-6-16(13(12)2)18(23)21(3)11-17(22)20-15-9-7-14(19)8-10-15/h4-10H,11H2,1-3H3,(H,20,22). The third-order valence-corrected chi connectivity index (χ3v) is 3.94. The van der Waals surface area contributed by atoms with Gasteiger partial charge in [-0.3, -0.25) is 9.59 Å². The number of hydrogen-bond acceptors (Lipinski definition) is 2. The number of carbonyl (C=O) groups excluding carboxylic acids is 2. The summed E-state index contributed by atoms with van der Waals surface area (Å²) < 4.78 is 0. The summed E-state index contributed by atoms with van der Waals surface area (Å²) in [6.45, 7) is 3.85. The van der Waals surface area contributed by atoms with Crippen molar-refractivity contribution in [1.29, 1.82) is 0 Å². The Bertz CT molecular complexity index is 726. The SMILES string of the molecule is Cc1cccc(C(=O)N(C)CC(=O)Nc2ccc(Cl)cc2)c1C. The highest BCUT2D eigenvalue weighted by molar-refractivity contribution is 6.30. The van der Waals surface area contributed by atoms with Gasteiger partial charge in [0.25, 0.3) is 5.91 Å². The number of hydrogen-bond donors (Lipinski definition) is 1. The van der Waals surface area contributed by atoms with E-state index in [9.17, 15) is 9.59 Å². The van der Waals surface area contributed by atoms with Crippen molar-refractivity contribution in [2.24, 2.45) is 0 Å². The molecule has 120 valence electrons. The van der Waals surface area contributed by atoms with Gasteiger partial charge in [0.1, 0.15) is 0 Å². The highest BCUT2D eigenvalue weighted by atomic mass is 35.5. The third-order valence-electron chi connectivity index (χ3n) is 3.69. The van der Waals surface area contributed by atoms with Crippen LogP contribution in [0.2, 0.25) is 5.02 Å². The molecule has 2 amide bonds. The van der Waals surface area contributed by atoms with E-state index in [0.29, 0.717) is 16.3 Å². The number of benzene rings is 2. The Morgan fingerprint density at radius 3 is 2.39 bits per heavy atom. The number of nitrogens with one attached hydrogen (secondary N) is 1. The fourth-order valence-corrected chi connectivity index (χ4v) is 2.34. The molecule has 0 aliphatic carbocycles. The zero-order chi connectivity index (χ0) is 17.0. The second kappa shape index (κ2) is 7.29. The Kier molecular flexibility index (Phi) is 5.40. The molecular formula is C18H19ClN2O2. The van der Waals surface area contributed by atoms with Crippen LogP contribution in [0.4, 0.5) is 5.69 Å². The van der Waals surface area contributed by atoms with Crippen LogP contribution < -0.4 is 5.32 Å². The number of likely N-dealkylation sites (N-methyl/N-ethyl adjacent to an activating group) is 1. The van der Waals surface area contributed by atoms with Crippen molar-refractivity contribution in [3.05, 3.63) is 64.2 Å². The molecule has 4 nitrogen and oxygen atoms in total. The van der Waals surface area contributed by atoms with E-state index < -0.39 is 0 Å². The lowest BCUT2D eigenvalue weighted by Gasteiger charge is -2.18. The lowest BCUT2D eigenvalue weighted by molar-refractivity contribution is -0.116. The first kappa shape index (κ1) is 17.0. The van der Waals surface area contributed by atoms with Gasteiger partial charge in [0.15, 0.2) is 0 Å². The van der Waals surface area contributed by atoms with E-state index in [1.165, 1.54) is 4.90 Å². The van der Waals surface area contributed by atoms with E-state index in [-0.39, 0.29) is 18.4 Å². The molecule has 23 heavy (non-hydrogen) atoms. The normalized spacial score (nSPS) is 10.3. The summed E-state index contributed by atoms with van der Waals surface area (Å²) in [5, 5.41) is 3.34. The maximum atomic E-state index is 12.5. The van der Waals surface area contributed by atoms with Crippen molar-refractivity contribution in [1.82, 2.24) is 4.90 Å². The largest absolute Gasteiger partial charge is 0.332 e. The number of nitrogens with zero attached hydrogens (tertiary/aromatic N) is 1. The van der Waals surface area contributed by atoms with Gasteiger partial charge in [-0.15, -0.1) is 0 Å². The van der Waals surface area contributed by atoms with Crippen LogP contribution in [0.25, 0.3) is 0 Å². The topological polar surface area (TPSA) is 49.4 Å². The molecule has 5 heteroatoms. The van der Waals surface area contributed by atoms with E-state index in [4.69, 9.17) is 11.6 Å². The molecule has 0 aromatic heterocycles. The van der Waals surface area contributed by atoms with Gasteiger partial charge in [-0.2, -0.15) is 0 Å². The van der Waals surface area contributed by atoms with Crippen molar-refractivity contribution < 1.29 is 9.59 Å². The minimum absolute atomic E-state index is 0.0190. The van der Waals surface area contributed by atoms with Crippen LogP contribution in [0.15, 0.2) is 42.5 Å². The van der Waals surface area contributed by atoms with Gasteiger partial charge >= 0.3 is 0 Å². The smallest absolute Gasteiger partial charge is 0.254 e. The molecule has 2 rings (SSSR count). The first-order valence-corrected chi connectivity index (χ1v) is 7.63. The molecule has 0 radical (unpaired) electrons. The average Bonchev–Trinajstić information content (AvgIpc) is 2.51. The number of halogens is 1. The monoisotopic (exact) mass is 330 g/mol. The van der Waals surface area contributed by atoms with Crippen molar-refractivity contribution in [3.8, 4) is 0 Å². The van der Waals surface area contributed by atoms with Crippen LogP contribution in [0.1, 0.15) is 21.5 Å². The molecule has 0 heterocycles. The molecule has 0 atom stereocenters. The number of rotatable bonds is 4. The van der Waals surface area contributed by atoms with Crippen LogP contribution in [-0.2, 0) is 4.79 Å². The van der Waals surface area contributed by atoms with Crippen molar-refractivity contribution in [2.75, 3.05) is 18.9 Å². The highest BCUT2D eigenvalue weighted by Crippen LogP contribution is 2.15. The predicted molar refractivity (Wildman–Crippen MR) is 93.0 cm³/mol. The number of amides is 2. The van der Waals surface area contributed by atoms with Gasteiger partial charge in [-0.05, 0) is 55.3 Å². The quantitative estimate of drug-likeness (QED) is 0.930. The molecule has 0 aliphatic rings. The van der Waals surface area contributed by atoms with Crippen molar-refractivity contribution >= 4 is 29.1 Å². The summed E-state index contributed by atoms with van der Waals surface area (Å²) in [6.07, 6.45) is 0. The van der Waals surface area contributed by atoms with E-state index in [1.807, 2.05) is 26.0 Å². The molecule has 0 saturated carbocycles. The number of aryl methyl sites for hydroxylation is 1. The van der Waals surface area contributed by atoms with Crippen LogP contribution in [0.5, 0.6) is 0 Å². The lowest BCUT2D eigenvalue weighted by atomic mass is 10.0. The van der Waals surface area contributed by atoms with E-state index >= 15 is 0 Å². The molecule has 0 bridgehead atoms. The fourth-order valence-electron chi connectivity index (χ4n) is 2.21. The van der Waals surface area contributed by atoms with Gasteiger partial charge in [-0.1, -0.05) is 23.7 Å². The fraction of sp³-hybridized carbons (Fsp3) is 0.222. The Labute approximate surface area is 141 Å². The van der Waals surface area contributed by atoms with E-state index in [0.717, 1.165) is 11.1 Å². The summed E-state index contributed by atoms with van der Waals surface area (Å²) in [5.41, 5.74) is 3.25. The van der Waals surface area contributed by atoms with E-state index in [2.05, 4.69) is 5.32 Å². The maximum Gasteiger partial charge on any atom is 0.254 e. The molecular weight excluding hydrogens is 312 g/mol. The van der Waals surface area contributed by atoms with Crippen LogP contribution in [-0.4, -0.2) is 30.3 Å². The summed E-state index contributed by atoms with van der Waals surface area (Å²) >= 11 is 5.80. The Morgan fingerprint density at radius 1 is 1.09 bits per heavy atom. The summed E-state index contributed by atoms with van der Waals surface area (Å²) in [7, 11) is 1.62. The van der Waals surface area contributed by atoms with Gasteiger partial charge in [0.05, 0.1) is 6.54 Å². The zero-order valence-electron chi connectivity index (χ0n) is 13.4. The highest BCUT2D eigenvalue weighted by Gasteiger charge is 2.17. The second-order valence-corrected chi connectivity index (χ2v) is 5.90. The van der Waals surface area contributed by atoms with E-state index in [1.54, 1.807) is 37.4 Å². The third kappa shape index (κ3) is 4.33. The molecule has 0 saturated heterocycles. The molecule has 0 spiro atoms. The zero-order valence-corrected chi connectivity index (χ0v) is 14.1. The molecule has 0 aliphatic heterocycles. The second-order valence-electron chi connectivity index (χ2n) is 5.46. The lowest BCUT2D eigenvalue weighted by Crippen LogP contribution is -2.35. The van der Waals surface area contributed by atoms with Gasteiger partial charge in [-0.25, -0.2) is 0 Å². The van der Waals surface area contributed by atoms with Crippen molar-refractivity contribution in [3.63, 3.8) is 0 Å². The van der Waals surface area contributed by atoms with Gasteiger partial charge < -0.3 is 10.2 Å². The molecule has 0 fully saturated rings. The maximum absolute atomic E-state index is 12.5. The van der Waals surface area contributed by atoms with Gasteiger partial charge in [0.2, 0.25) is 5.91 Å². The number of anilines is 1. The summed E-state index contributed by atoms with van der Waals surface area (Å²) in [4.78, 5) is 25.9. The van der Waals surface area contributed by atoms with Crippen LogP contribution in [0, 0.1) is 13.8 Å². The molecule has 0 unspecified atom stereocenters. The first-order chi connectivity index (χ1) is 10.9. The summed E-state index contributed by atoms with van der Waals surface area (Å²) in [6, 6.07) is 12.4. The minimum Gasteiger partial charge on any atom is -0.332 e. The van der Waals surface area contributed by atoms with Crippen LogP contribution >= 0.6 is 11.6 Å². The minimum atomic E-state index is -0.256. The number of carbonyl (C=O) groups is 2. The first-order valence-electron chi connectivity index (χ1n) is 7.25. The predicted octanol–water partition coefficient (Wildman–Crippen LogP) is 3.67. The van der Waals surface area contributed by atoms with Crippen LogP contribution in [0.3, 0.4) is 0 Å². The molecule has 1 N–H and O–H groups in total. The Morgan fingerprint density at radius 2 is 1.74 bits per heavy atom. The molecule has 2 aromatic carbocycles.